The van der Waals surface area contributed by atoms with Gasteiger partial charge in [0, 0.05) is 11.6 Å². The van der Waals surface area contributed by atoms with E-state index in [-0.39, 0.29) is 28.3 Å². The molecule has 0 atom stereocenters. The third-order valence-corrected chi connectivity index (χ3v) is 4.15. The van der Waals surface area contributed by atoms with Crippen molar-refractivity contribution < 1.29 is 4.92 Å². The van der Waals surface area contributed by atoms with Gasteiger partial charge < -0.3 is 5.73 Å². The molecule has 28 heavy (non-hydrogen) atoms. The quantitative estimate of drug-likeness (QED) is 0.423. The molecule has 8 nitrogen and oxygen atoms in total. The van der Waals surface area contributed by atoms with Gasteiger partial charge in [-0.05, 0) is 30.7 Å². The lowest BCUT2D eigenvalue weighted by molar-refractivity contribution is -0.385. The molecule has 8 heteroatoms. The molecule has 0 saturated carbocycles. The third kappa shape index (κ3) is 3.30. The van der Waals surface area contributed by atoms with Crippen LogP contribution in [0.5, 0.6) is 0 Å². The van der Waals surface area contributed by atoms with E-state index in [2.05, 4.69) is 5.10 Å². The number of aromatic nitrogens is 2. The Kier molecular flexibility index (Phi) is 4.88. The SMILES string of the molecule is Cc1ccc(/C=C(\C#N)c2nn(-c3ccccc3)c(N)c2C#N)cc1[N+](=O)[O-]. The number of nitrogen functional groups attached to an aromatic ring is 1. The Labute approximate surface area is 160 Å². The van der Waals surface area contributed by atoms with E-state index >= 15 is 0 Å². The van der Waals surface area contributed by atoms with Crippen molar-refractivity contribution in [2.45, 2.75) is 6.92 Å². The molecule has 2 N–H and O–H groups in total. The topological polar surface area (TPSA) is 135 Å². The molecular weight excluding hydrogens is 356 g/mol. The van der Waals surface area contributed by atoms with Crippen molar-refractivity contribution in [1.29, 1.82) is 10.5 Å². The maximum atomic E-state index is 11.1. The van der Waals surface area contributed by atoms with Crippen molar-refractivity contribution in [3.8, 4) is 17.8 Å². The van der Waals surface area contributed by atoms with E-state index in [1.54, 1.807) is 43.3 Å². The molecule has 0 aliphatic heterocycles. The van der Waals surface area contributed by atoms with Gasteiger partial charge in [0.15, 0.2) is 0 Å². The fourth-order valence-corrected chi connectivity index (χ4v) is 2.73. The molecule has 0 bridgehead atoms. The van der Waals surface area contributed by atoms with E-state index in [0.717, 1.165) is 0 Å². The van der Waals surface area contributed by atoms with Gasteiger partial charge in [-0.2, -0.15) is 15.6 Å². The van der Waals surface area contributed by atoms with Gasteiger partial charge >= 0.3 is 0 Å². The van der Waals surface area contributed by atoms with Crippen molar-refractivity contribution in [2.75, 3.05) is 5.73 Å². The smallest absolute Gasteiger partial charge is 0.272 e. The number of nitriles is 2. The van der Waals surface area contributed by atoms with Gasteiger partial charge in [0.1, 0.15) is 29.2 Å². The first-order chi connectivity index (χ1) is 13.5. The predicted octanol–water partition coefficient (Wildman–Crippen LogP) is 3.61. The summed E-state index contributed by atoms with van der Waals surface area (Å²) in [5, 5.41) is 34.6. The Bertz CT molecular complexity index is 1180. The van der Waals surface area contributed by atoms with E-state index in [1.807, 2.05) is 18.2 Å². The molecule has 0 amide bonds. The Balaban J connectivity index is 2.15. The summed E-state index contributed by atoms with van der Waals surface area (Å²) in [5.74, 6) is 0.111. The van der Waals surface area contributed by atoms with Crippen LogP contribution in [0.2, 0.25) is 0 Å². The van der Waals surface area contributed by atoms with E-state index in [0.29, 0.717) is 16.8 Å². The Morgan fingerprint density at radius 1 is 1.25 bits per heavy atom. The minimum Gasteiger partial charge on any atom is -0.382 e. The first-order valence-corrected chi connectivity index (χ1v) is 8.17. The van der Waals surface area contributed by atoms with Gasteiger partial charge in [-0.1, -0.05) is 30.3 Å². The number of hydrogen-bond donors (Lipinski definition) is 1. The van der Waals surface area contributed by atoms with E-state index in [9.17, 15) is 20.6 Å². The van der Waals surface area contributed by atoms with Gasteiger partial charge in [0.05, 0.1) is 16.2 Å². The highest BCUT2D eigenvalue weighted by atomic mass is 16.6. The van der Waals surface area contributed by atoms with Crippen LogP contribution in [0.3, 0.4) is 0 Å². The number of hydrogen-bond acceptors (Lipinski definition) is 6. The number of nitrogens with two attached hydrogens (primary N) is 1. The fraction of sp³-hybridized carbons (Fsp3) is 0.0500. The normalized spacial score (nSPS) is 10.9. The van der Waals surface area contributed by atoms with Gasteiger partial charge in [0.25, 0.3) is 5.69 Å². The highest BCUT2D eigenvalue weighted by molar-refractivity contribution is 5.91. The van der Waals surface area contributed by atoms with Gasteiger partial charge in [-0.3, -0.25) is 10.1 Å². The lowest BCUT2D eigenvalue weighted by Gasteiger charge is -2.02. The lowest BCUT2D eigenvalue weighted by Crippen LogP contribution is -2.02. The Morgan fingerprint density at radius 3 is 2.57 bits per heavy atom. The predicted molar refractivity (Wildman–Crippen MR) is 104 cm³/mol. The minimum atomic E-state index is -0.485. The lowest BCUT2D eigenvalue weighted by atomic mass is 10.0. The minimum absolute atomic E-state index is 0.0547. The molecule has 0 fully saturated rings. The summed E-state index contributed by atoms with van der Waals surface area (Å²) >= 11 is 0. The number of allylic oxidation sites excluding steroid dienone is 1. The molecule has 0 radical (unpaired) electrons. The fourth-order valence-electron chi connectivity index (χ4n) is 2.73. The molecular formula is C20H14N6O2. The molecule has 1 heterocycles. The van der Waals surface area contributed by atoms with Crippen LogP contribution in [-0.4, -0.2) is 14.7 Å². The van der Waals surface area contributed by atoms with Crippen LogP contribution >= 0.6 is 0 Å². The van der Waals surface area contributed by atoms with E-state index < -0.39 is 4.92 Å². The third-order valence-electron chi connectivity index (χ3n) is 4.15. The van der Waals surface area contributed by atoms with Crippen LogP contribution in [0.25, 0.3) is 17.3 Å². The first-order valence-electron chi connectivity index (χ1n) is 8.17. The summed E-state index contributed by atoms with van der Waals surface area (Å²) in [6.07, 6.45) is 1.45. The zero-order valence-electron chi connectivity index (χ0n) is 14.8. The second kappa shape index (κ2) is 7.44. The highest BCUT2D eigenvalue weighted by Crippen LogP contribution is 2.28. The van der Waals surface area contributed by atoms with E-state index in [4.69, 9.17) is 5.73 Å². The van der Waals surface area contributed by atoms with Crippen LogP contribution in [0.4, 0.5) is 11.5 Å². The zero-order chi connectivity index (χ0) is 20.3. The van der Waals surface area contributed by atoms with Crippen molar-refractivity contribution in [3.05, 3.63) is 81.0 Å². The summed E-state index contributed by atoms with van der Waals surface area (Å²) in [5.41, 5.74) is 7.89. The number of benzene rings is 2. The van der Waals surface area contributed by atoms with Gasteiger partial charge in [-0.15, -0.1) is 0 Å². The molecule has 136 valence electrons. The second-order valence-electron chi connectivity index (χ2n) is 5.94. The first kappa shape index (κ1) is 18.4. The van der Waals surface area contributed by atoms with Crippen molar-refractivity contribution in [2.24, 2.45) is 0 Å². The van der Waals surface area contributed by atoms with Crippen molar-refractivity contribution in [1.82, 2.24) is 9.78 Å². The number of rotatable bonds is 4. The molecule has 2 aromatic carbocycles. The zero-order valence-corrected chi connectivity index (χ0v) is 14.8. The van der Waals surface area contributed by atoms with Crippen LogP contribution in [0.15, 0.2) is 48.5 Å². The number of anilines is 1. The van der Waals surface area contributed by atoms with Crippen LogP contribution < -0.4 is 5.73 Å². The van der Waals surface area contributed by atoms with E-state index in [1.165, 1.54) is 16.8 Å². The number of nitro benzene ring substituents is 1. The monoisotopic (exact) mass is 370 g/mol. The Morgan fingerprint density at radius 2 is 1.96 bits per heavy atom. The standard InChI is InChI=1S/C20H14N6O2/c1-13-7-8-14(10-18(13)26(27)28)9-15(11-21)19-17(12-22)20(23)25(24-19)16-5-3-2-4-6-16/h2-10H,23H2,1H3/b15-9+. The number of aryl methyl sites for hydroxylation is 1. The van der Waals surface area contributed by atoms with Gasteiger partial charge in [0.2, 0.25) is 0 Å². The molecule has 0 spiro atoms. The molecule has 3 aromatic rings. The van der Waals surface area contributed by atoms with Crippen molar-refractivity contribution in [3.63, 3.8) is 0 Å². The van der Waals surface area contributed by atoms with Gasteiger partial charge in [-0.25, -0.2) is 4.68 Å². The summed E-state index contributed by atoms with van der Waals surface area (Å²) in [4.78, 5) is 10.7. The molecule has 0 aliphatic carbocycles. The molecule has 0 aliphatic rings. The maximum absolute atomic E-state index is 11.1. The number of para-hydroxylation sites is 1. The second-order valence-corrected chi connectivity index (χ2v) is 5.94. The molecule has 3 rings (SSSR count). The number of nitrogens with zero attached hydrogens (tertiary/aromatic N) is 5. The van der Waals surface area contributed by atoms with Crippen LogP contribution in [0, 0.1) is 39.7 Å². The summed E-state index contributed by atoms with van der Waals surface area (Å²) in [6.45, 7) is 1.63. The van der Waals surface area contributed by atoms with Crippen LogP contribution in [-0.2, 0) is 0 Å². The summed E-state index contributed by atoms with van der Waals surface area (Å²) in [7, 11) is 0. The Hall–Kier alpha value is -4.43. The maximum Gasteiger partial charge on any atom is 0.272 e. The average molecular weight is 370 g/mol. The summed E-state index contributed by atoms with van der Waals surface area (Å²) < 4.78 is 1.39. The number of nitro groups is 1. The van der Waals surface area contributed by atoms with Crippen molar-refractivity contribution >= 4 is 23.2 Å². The molecule has 1 aromatic heterocycles. The average Bonchev–Trinajstić information content (AvgIpc) is 3.03. The summed E-state index contributed by atoms with van der Waals surface area (Å²) in [6, 6.07) is 17.6. The largest absolute Gasteiger partial charge is 0.382 e. The molecule has 0 saturated heterocycles. The van der Waals surface area contributed by atoms with Crippen LogP contribution in [0.1, 0.15) is 22.4 Å². The highest BCUT2D eigenvalue weighted by Gasteiger charge is 2.20. The molecule has 0 unspecified atom stereocenters.